The molecule has 0 spiro atoms. The van der Waals surface area contributed by atoms with Crippen LogP contribution in [0.4, 0.5) is 4.79 Å². The second kappa shape index (κ2) is 8.12. The van der Waals surface area contributed by atoms with Crippen LogP contribution in [0.1, 0.15) is 18.1 Å². The number of methoxy groups -OCH3 is 1. The van der Waals surface area contributed by atoms with Gasteiger partial charge in [0, 0.05) is 6.54 Å². The molecule has 0 radical (unpaired) electrons. The second-order valence-corrected chi connectivity index (χ2v) is 6.76. The number of rotatable bonds is 7. The lowest BCUT2D eigenvalue weighted by molar-refractivity contribution is -0.134. The SMILES string of the molecule is COc1ccc(C2(C)NC(=O)N(CC(=O)NCCc3ccccc3)C2=O)cc1. The number of nitrogens with one attached hydrogen (secondary N) is 2. The minimum absolute atomic E-state index is 0.314. The Morgan fingerprint density at radius 3 is 2.43 bits per heavy atom. The molecule has 0 saturated carbocycles. The molecule has 1 aliphatic rings. The summed E-state index contributed by atoms with van der Waals surface area (Å²) in [7, 11) is 1.55. The van der Waals surface area contributed by atoms with Crippen LogP contribution in [0.15, 0.2) is 54.6 Å². The second-order valence-electron chi connectivity index (χ2n) is 6.76. The van der Waals surface area contributed by atoms with Gasteiger partial charge in [-0.05, 0) is 36.6 Å². The molecule has 1 heterocycles. The molecule has 1 saturated heterocycles. The number of carbonyl (C=O) groups is 3. The third-order valence-electron chi connectivity index (χ3n) is 4.82. The van der Waals surface area contributed by atoms with E-state index in [2.05, 4.69) is 10.6 Å². The van der Waals surface area contributed by atoms with E-state index in [4.69, 9.17) is 4.74 Å². The van der Waals surface area contributed by atoms with Crippen LogP contribution in [0, 0.1) is 0 Å². The molecule has 7 nitrogen and oxygen atoms in total. The molecule has 2 aromatic carbocycles. The predicted octanol–water partition coefficient (Wildman–Crippen LogP) is 1.82. The van der Waals surface area contributed by atoms with Gasteiger partial charge in [0.25, 0.3) is 5.91 Å². The van der Waals surface area contributed by atoms with Crippen molar-refractivity contribution in [3.05, 3.63) is 65.7 Å². The van der Waals surface area contributed by atoms with Gasteiger partial charge in [-0.1, -0.05) is 42.5 Å². The quantitative estimate of drug-likeness (QED) is 0.716. The molecule has 1 fully saturated rings. The lowest BCUT2D eigenvalue weighted by Gasteiger charge is -2.22. The zero-order valence-electron chi connectivity index (χ0n) is 15.9. The Balaban J connectivity index is 1.60. The van der Waals surface area contributed by atoms with Crippen LogP contribution in [-0.4, -0.2) is 42.9 Å². The van der Waals surface area contributed by atoms with Crippen LogP contribution < -0.4 is 15.4 Å². The van der Waals surface area contributed by atoms with E-state index < -0.39 is 17.5 Å². The van der Waals surface area contributed by atoms with Gasteiger partial charge in [0.2, 0.25) is 5.91 Å². The maximum absolute atomic E-state index is 12.9. The highest BCUT2D eigenvalue weighted by molar-refractivity contribution is 6.09. The van der Waals surface area contributed by atoms with Gasteiger partial charge < -0.3 is 15.4 Å². The Hall–Kier alpha value is -3.35. The zero-order valence-corrected chi connectivity index (χ0v) is 15.9. The maximum Gasteiger partial charge on any atom is 0.325 e. The number of urea groups is 1. The number of hydrogen-bond donors (Lipinski definition) is 2. The molecule has 146 valence electrons. The van der Waals surface area contributed by atoms with Crippen LogP contribution in [0.3, 0.4) is 0 Å². The average Bonchev–Trinajstić information content (AvgIpc) is 2.93. The molecule has 1 unspecified atom stereocenters. The topological polar surface area (TPSA) is 87.7 Å². The third kappa shape index (κ3) is 3.98. The molecule has 7 heteroatoms. The fraction of sp³-hybridized carbons (Fsp3) is 0.286. The molecule has 28 heavy (non-hydrogen) atoms. The lowest BCUT2D eigenvalue weighted by atomic mass is 9.92. The number of ether oxygens (including phenoxy) is 1. The van der Waals surface area contributed by atoms with Crippen LogP contribution >= 0.6 is 0 Å². The summed E-state index contributed by atoms with van der Waals surface area (Å²) in [5.41, 5.74) is 0.511. The van der Waals surface area contributed by atoms with Crippen molar-refractivity contribution in [3.8, 4) is 5.75 Å². The van der Waals surface area contributed by atoms with Crippen molar-refractivity contribution >= 4 is 17.8 Å². The molecule has 0 aromatic heterocycles. The minimum Gasteiger partial charge on any atom is -0.497 e. The number of amides is 4. The molecule has 0 aliphatic carbocycles. The molecule has 4 amide bonds. The van der Waals surface area contributed by atoms with E-state index in [1.807, 2.05) is 30.3 Å². The summed E-state index contributed by atoms with van der Waals surface area (Å²) >= 11 is 0. The van der Waals surface area contributed by atoms with Gasteiger partial charge in [-0.2, -0.15) is 0 Å². The van der Waals surface area contributed by atoms with Gasteiger partial charge in [0.15, 0.2) is 0 Å². The highest BCUT2D eigenvalue weighted by atomic mass is 16.5. The Labute approximate surface area is 163 Å². The normalized spacial score (nSPS) is 18.7. The summed E-state index contributed by atoms with van der Waals surface area (Å²) in [4.78, 5) is 38.3. The summed E-state index contributed by atoms with van der Waals surface area (Å²) in [6.07, 6.45) is 0.677. The fourth-order valence-electron chi connectivity index (χ4n) is 3.15. The van der Waals surface area contributed by atoms with Crippen LogP contribution in [-0.2, 0) is 21.5 Å². The summed E-state index contributed by atoms with van der Waals surface area (Å²) in [5.74, 6) is -0.182. The van der Waals surface area contributed by atoms with E-state index in [0.717, 1.165) is 10.5 Å². The summed E-state index contributed by atoms with van der Waals surface area (Å²) < 4.78 is 5.12. The average molecular weight is 381 g/mol. The van der Waals surface area contributed by atoms with Crippen molar-refractivity contribution in [2.24, 2.45) is 0 Å². The minimum atomic E-state index is -1.21. The number of benzene rings is 2. The number of imide groups is 1. The molecule has 0 bridgehead atoms. The smallest absolute Gasteiger partial charge is 0.325 e. The molecule has 1 aliphatic heterocycles. The van der Waals surface area contributed by atoms with Crippen molar-refractivity contribution in [2.75, 3.05) is 20.2 Å². The van der Waals surface area contributed by atoms with E-state index in [-0.39, 0.29) is 12.5 Å². The van der Waals surface area contributed by atoms with E-state index >= 15 is 0 Å². The third-order valence-corrected chi connectivity index (χ3v) is 4.82. The van der Waals surface area contributed by atoms with Crippen LogP contribution in [0.5, 0.6) is 5.75 Å². The first-order valence-corrected chi connectivity index (χ1v) is 9.03. The number of carbonyl (C=O) groups excluding carboxylic acids is 3. The van der Waals surface area contributed by atoms with Gasteiger partial charge in [-0.3, -0.25) is 14.5 Å². The predicted molar refractivity (Wildman–Crippen MR) is 104 cm³/mol. The highest BCUT2D eigenvalue weighted by Gasteiger charge is 2.49. The molecular weight excluding hydrogens is 358 g/mol. The summed E-state index contributed by atoms with van der Waals surface area (Å²) in [6, 6.07) is 16.1. The van der Waals surface area contributed by atoms with Gasteiger partial charge in [-0.25, -0.2) is 4.79 Å². The van der Waals surface area contributed by atoms with Gasteiger partial charge >= 0.3 is 6.03 Å². The molecular formula is C21H23N3O4. The molecule has 1 atom stereocenters. The van der Waals surface area contributed by atoms with Crippen molar-refractivity contribution in [1.29, 1.82) is 0 Å². The van der Waals surface area contributed by atoms with E-state index in [1.165, 1.54) is 0 Å². The molecule has 2 N–H and O–H groups in total. The summed E-state index contributed by atoms with van der Waals surface area (Å²) in [6.45, 7) is 1.75. The monoisotopic (exact) mass is 381 g/mol. The Morgan fingerprint density at radius 1 is 1.11 bits per heavy atom. The highest BCUT2D eigenvalue weighted by Crippen LogP contribution is 2.29. The van der Waals surface area contributed by atoms with E-state index in [0.29, 0.717) is 24.3 Å². The van der Waals surface area contributed by atoms with Gasteiger partial charge in [0.1, 0.15) is 17.8 Å². The Morgan fingerprint density at radius 2 is 1.79 bits per heavy atom. The summed E-state index contributed by atoms with van der Waals surface area (Å²) in [5, 5.41) is 5.44. The Bertz CT molecular complexity index is 867. The first-order chi connectivity index (χ1) is 13.4. The molecule has 3 rings (SSSR count). The zero-order chi connectivity index (χ0) is 20.1. The maximum atomic E-state index is 12.9. The molecule has 2 aromatic rings. The van der Waals surface area contributed by atoms with Crippen LogP contribution in [0.2, 0.25) is 0 Å². The van der Waals surface area contributed by atoms with E-state index in [1.54, 1.807) is 38.3 Å². The first-order valence-electron chi connectivity index (χ1n) is 9.03. The standard InChI is InChI=1S/C21H23N3O4/c1-21(16-8-10-17(28-2)11-9-16)19(26)24(20(27)23-21)14-18(25)22-13-12-15-6-4-3-5-7-15/h3-11H,12-14H2,1-2H3,(H,22,25)(H,23,27). The van der Waals surface area contributed by atoms with E-state index in [9.17, 15) is 14.4 Å². The first kappa shape index (κ1) is 19.4. The fourth-order valence-corrected chi connectivity index (χ4v) is 3.15. The lowest BCUT2D eigenvalue weighted by Crippen LogP contribution is -2.43. The van der Waals surface area contributed by atoms with Crippen LogP contribution in [0.25, 0.3) is 0 Å². The largest absolute Gasteiger partial charge is 0.497 e. The number of hydrogen-bond acceptors (Lipinski definition) is 4. The van der Waals surface area contributed by atoms with Gasteiger partial charge in [0.05, 0.1) is 7.11 Å². The number of nitrogens with zero attached hydrogens (tertiary/aromatic N) is 1. The van der Waals surface area contributed by atoms with Gasteiger partial charge in [-0.15, -0.1) is 0 Å². The van der Waals surface area contributed by atoms with Crippen molar-refractivity contribution in [1.82, 2.24) is 15.5 Å². The van der Waals surface area contributed by atoms with Crippen molar-refractivity contribution < 1.29 is 19.1 Å². The Kier molecular flexibility index (Phi) is 5.63. The van der Waals surface area contributed by atoms with Crippen molar-refractivity contribution in [2.45, 2.75) is 18.9 Å². The van der Waals surface area contributed by atoms with Crippen molar-refractivity contribution in [3.63, 3.8) is 0 Å².